The smallest absolute Gasteiger partial charge is 0.417 e. The minimum atomic E-state index is -1.18. The average Bonchev–Trinajstić information content (AvgIpc) is 2.17. The van der Waals surface area contributed by atoms with Gasteiger partial charge in [-0.3, -0.25) is 9.69 Å². The normalized spacial score (nSPS) is 19.3. The standard InChI is InChI=1S/C12H20N2O5/c1-11(2,3)19-10(18)13-7-12(4,5)14(9(16)17)6-8(13)15/h6-7H2,1-5H3,(H,16,17). The second-order valence-corrected chi connectivity index (χ2v) is 6.14. The maximum absolute atomic E-state index is 11.9. The van der Waals surface area contributed by atoms with Crippen molar-refractivity contribution >= 4 is 18.1 Å². The summed E-state index contributed by atoms with van der Waals surface area (Å²) in [5.41, 5.74) is -1.54. The summed E-state index contributed by atoms with van der Waals surface area (Å²) < 4.78 is 5.14. The van der Waals surface area contributed by atoms with Crippen LogP contribution in [0.2, 0.25) is 0 Å². The quantitative estimate of drug-likeness (QED) is 0.722. The van der Waals surface area contributed by atoms with Gasteiger partial charge in [-0.15, -0.1) is 0 Å². The van der Waals surface area contributed by atoms with Crippen LogP contribution in [-0.2, 0) is 9.53 Å². The fourth-order valence-corrected chi connectivity index (χ4v) is 1.81. The first-order valence-corrected chi connectivity index (χ1v) is 5.98. The molecule has 0 aromatic heterocycles. The summed E-state index contributed by atoms with van der Waals surface area (Å²) in [5.74, 6) is -0.573. The Labute approximate surface area is 112 Å². The van der Waals surface area contributed by atoms with Crippen molar-refractivity contribution in [1.82, 2.24) is 9.80 Å². The minimum absolute atomic E-state index is 0.0208. The first-order valence-electron chi connectivity index (χ1n) is 5.98. The monoisotopic (exact) mass is 272 g/mol. The second-order valence-electron chi connectivity index (χ2n) is 6.14. The highest BCUT2D eigenvalue weighted by Gasteiger charge is 2.44. The molecule has 0 aromatic carbocycles. The van der Waals surface area contributed by atoms with Crippen molar-refractivity contribution in [1.29, 1.82) is 0 Å². The van der Waals surface area contributed by atoms with E-state index in [2.05, 4.69) is 0 Å². The number of hydrogen-bond acceptors (Lipinski definition) is 4. The van der Waals surface area contributed by atoms with Gasteiger partial charge in [0.2, 0.25) is 0 Å². The Balaban J connectivity index is 2.87. The number of piperazine rings is 1. The van der Waals surface area contributed by atoms with Crippen LogP contribution in [0.4, 0.5) is 9.59 Å². The highest BCUT2D eigenvalue weighted by molar-refractivity contribution is 5.95. The molecule has 0 aliphatic carbocycles. The van der Waals surface area contributed by atoms with Crippen molar-refractivity contribution in [3.05, 3.63) is 0 Å². The Morgan fingerprint density at radius 3 is 2.26 bits per heavy atom. The van der Waals surface area contributed by atoms with Crippen LogP contribution in [0.3, 0.4) is 0 Å². The summed E-state index contributed by atoms with van der Waals surface area (Å²) in [6.45, 7) is 8.06. The van der Waals surface area contributed by atoms with Crippen LogP contribution in [-0.4, -0.2) is 57.2 Å². The van der Waals surface area contributed by atoms with Crippen molar-refractivity contribution in [2.45, 2.75) is 45.8 Å². The van der Waals surface area contributed by atoms with E-state index < -0.39 is 29.2 Å². The maximum Gasteiger partial charge on any atom is 0.417 e. The molecule has 1 aliphatic heterocycles. The lowest BCUT2D eigenvalue weighted by Crippen LogP contribution is -2.64. The van der Waals surface area contributed by atoms with E-state index in [1.807, 2.05) is 0 Å². The third kappa shape index (κ3) is 3.59. The van der Waals surface area contributed by atoms with Gasteiger partial charge in [0.05, 0.1) is 12.1 Å². The van der Waals surface area contributed by atoms with Gasteiger partial charge >= 0.3 is 12.2 Å². The lowest BCUT2D eigenvalue weighted by molar-refractivity contribution is -0.139. The van der Waals surface area contributed by atoms with Crippen LogP contribution in [0.15, 0.2) is 0 Å². The molecular weight excluding hydrogens is 252 g/mol. The third-order valence-electron chi connectivity index (χ3n) is 2.71. The van der Waals surface area contributed by atoms with Crippen molar-refractivity contribution in [2.24, 2.45) is 0 Å². The molecule has 108 valence electrons. The molecule has 0 spiro atoms. The van der Waals surface area contributed by atoms with Crippen LogP contribution >= 0.6 is 0 Å². The van der Waals surface area contributed by atoms with Gasteiger partial charge in [-0.2, -0.15) is 0 Å². The molecule has 7 heteroatoms. The van der Waals surface area contributed by atoms with Crippen LogP contribution < -0.4 is 0 Å². The second kappa shape index (κ2) is 4.71. The summed E-state index contributed by atoms with van der Waals surface area (Å²) in [5, 5.41) is 9.04. The summed E-state index contributed by atoms with van der Waals surface area (Å²) in [4.78, 5) is 36.8. The Kier molecular flexibility index (Phi) is 3.79. The van der Waals surface area contributed by atoms with E-state index in [0.29, 0.717) is 0 Å². The fourth-order valence-electron chi connectivity index (χ4n) is 1.81. The highest BCUT2D eigenvalue weighted by atomic mass is 16.6. The summed E-state index contributed by atoms with van der Waals surface area (Å²) in [6.07, 6.45) is -1.92. The largest absolute Gasteiger partial charge is 0.465 e. The molecule has 0 atom stereocenters. The predicted octanol–water partition coefficient (Wildman–Crippen LogP) is 1.52. The lowest BCUT2D eigenvalue weighted by Gasteiger charge is -2.44. The summed E-state index contributed by atoms with van der Waals surface area (Å²) >= 11 is 0. The number of carbonyl (C=O) groups is 3. The fraction of sp³-hybridized carbons (Fsp3) is 0.750. The molecule has 1 rings (SSSR count). The van der Waals surface area contributed by atoms with E-state index in [0.717, 1.165) is 9.80 Å². The van der Waals surface area contributed by atoms with Crippen molar-refractivity contribution in [2.75, 3.05) is 13.1 Å². The molecule has 1 fully saturated rings. The lowest BCUT2D eigenvalue weighted by atomic mass is 9.99. The molecule has 1 heterocycles. The molecular formula is C12H20N2O5. The van der Waals surface area contributed by atoms with Crippen molar-refractivity contribution in [3.63, 3.8) is 0 Å². The number of carboxylic acid groups (broad SMARTS) is 1. The molecule has 0 saturated carbocycles. The molecule has 0 unspecified atom stereocenters. The number of hydrogen-bond donors (Lipinski definition) is 1. The summed E-state index contributed by atoms with van der Waals surface area (Å²) in [6, 6.07) is 0. The number of ether oxygens (including phenoxy) is 1. The van der Waals surface area contributed by atoms with Gasteiger partial charge in [-0.25, -0.2) is 14.5 Å². The van der Waals surface area contributed by atoms with E-state index >= 15 is 0 Å². The Hall–Kier alpha value is -1.79. The first kappa shape index (κ1) is 15.3. The van der Waals surface area contributed by atoms with E-state index in [1.54, 1.807) is 34.6 Å². The molecule has 0 radical (unpaired) electrons. The van der Waals surface area contributed by atoms with Crippen molar-refractivity contribution < 1.29 is 24.2 Å². The molecule has 1 aliphatic rings. The van der Waals surface area contributed by atoms with Crippen molar-refractivity contribution in [3.8, 4) is 0 Å². The van der Waals surface area contributed by atoms with Gasteiger partial charge in [0.15, 0.2) is 0 Å². The molecule has 0 bridgehead atoms. The summed E-state index contributed by atoms with van der Waals surface area (Å²) in [7, 11) is 0. The van der Waals surface area contributed by atoms with E-state index in [4.69, 9.17) is 9.84 Å². The van der Waals surface area contributed by atoms with Gasteiger partial charge in [-0.1, -0.05) is 0 Å². The number of amides is 3. The Morgan fingerprint density at radius 1 is 1.32 bits per heavy atom. The Bertz CT molecular complexity index is 411. The van der Waals surface area contributed by atoms with E-state index in [1.165, 1.54) is 0 Å². The number of carbonyl (C=O) groups excluding carboxylic acids is 2. The average molecular weight is 272 g/mol. The van der Waals surface area contributed by atoms with Crippen LogP contribution in [0.25, 0.3) is 0 Å². The molecule has 19 heavy (non-hydrogen) atoms. The topological polar surface area (TPSA) is 87.2 Å². The van der Waals surface area contributed by atoms with Gasteiger partial charge in [0.25, 0.3) is 5.91 Å². The van der Waals surface area contributed by atoms with Gasteiger partial charge in [-0.05, 0) is 34.6 Å². The van der Waals surface area contributed by atoms with Crippen LogP contribution in [0, 0.1) is 0 Å². The Morgan fingerprint density at radius 2 is 1.84 bits per heavy atom. The number of imide groups is 1. The SMILES string of the molecule is CC(C)(C)OC(=O)N1CC(C)(C)N(C(=O)O)CC1=O. The van der Waals surface area contributed by atoms with Crippen LogP contribution in [0.1, 0.15) is 34.6 Å². The maximum atomic E-state index is 11.9. The predicted molar refractivity (Wildman–Crippen MR) is 66.8 cm³/mol. The zero-order valence-corrected chi connectivity index (χ0v) is 11.9. The molecule has 3 amide bonds. The molecule has 0 aromatic rings. The minimum Gasteiger partial charge on any atom is -0.465 e. The highest BCUT2D eigenvalue weighted by Crippen LogP contribution is 2.23. The first-order chi connectivity index (χ1) is 8.44. The zero-order valence-electron chi connectivity index (χ0n) is 11.9. The number of nitrogens with zero attached hydrogens (tertiary/aromatic N) is 2. The molecule has 7 nitrogen and oxygen atoms in total. The molecule has 1 N–H and O–H groups in total. The third-order valence-corrected chi connectivity index (χ3v) is 2.71. The number of rotatable bonds is 0. The van der Waals surface area contributed by atoms with Gasteiger partial charge in [0, 0.05) is 0 Å². The van der Waals surface area contributed by atoms with Gasteiger partial charge in [0.1, 0.15) is 12.1 Å². The van der Waals surface area contributed by atoms with Crippen LogP contribution in [0.5, 0.6) is 0 Å². The zero-order chi connectivity index (χ0) is 15.0. The van der Waals surface area contributed by atoms with E-state index in [-0.39, 0.29) is 13.1 Å². The molecule has 1 saturated heterocycles. The van der Waals surface area contributed by atoms with E-state index in [9.17, 15) is 14.4 Å². The van der Waals surface area contributed by atoms with Gasteiger partial charge < -0.3 is 9.84 Å².